The smallest absolute Gasteiger partial charge is 0.315 e. The van der Waals surface area contributed by atoms with Crippen LogP contribution in [0.4, 0.5) is 4.39 Å². The molecule has 110 valence electrons. The van der Waals surface area contributed by atoms with Gasteiger partial charge in [0.1, 0.15) is 11.2 Å². The molecule has 3 N–H and O–H groups in total. The number of carbonyl (C=O) groups is 1. The second-order valence-electron chi connectivity index (χ2n) is 5.17. The van der Waals surface area contributed by atoms with Gasteiger partial charge in [-0.2, -0.15) is 0 Å². The van der Waals surface area contributed by atoms with E-state index in [2.05, 4.69) is 0 Å². The molecule has 0 radical (unpaired) electrons. The summed E-state index contributed by atoms with van der Waals surface area (Å²) in [6, 6.07) is 13.4. The Morgan fingerprint density at radius 3 is 2.38 bits per heavy atom. The van der Waals surface area contributed by atoms with Gasteiger partial charge in [0.2, 0.25) is 0 Å². The molecule has 3 nitrogen and oxygen atoms in total. The van der Waals surface area contributed by atoms with Crippen LogP contribution in [0.3, 0.4) is 0 Å². The number of halogens is 1. The normalized spacial score (nSPS) is 13.7. The van der Waals surface area contributed by atoms with Crippen LogP contribution in [0, 0.1) is 12.7 Å². The number of hydrogen-bond acceptors (Lipinski definition) is 2. The Morgan fingerprint density at radius 2 is 1.81 bits per heavy atom. The topological polar surface area (TPSA) is 63.3 Å². The maximum Gasteiger partial charge on any atom is 0.315 e. The van der Waals surface area contributed by atoms with Gasteiger partial charge in [-0.25, -0.2) is 4.39 Å². The highest BCUT2D eigenvalue weighted by atomic mass is 19.1. The van der Waals surface area contributed by atoms with Crippen molar-refractivity contribution in [3.8, 4) is 0 Å². The largest absolute Gasteiger partial charge is 0.481 e. The summed E-state index contributed by atoms with van der Waals surface area (Å²) in [5, 5.41) is 9.71. The van der Waals surface area contributed by atoms with E-state index in [1.165, 1.54) is 18.2 Å². The zero-order chi connectivity index (χ0) is 15.5. The molecule has 0 amide bonds. The molecule has 0 fully saturated rings. The number of carboxylic acids is 1. The van der Waals surface area contributed by atoms with Gasteiger partial charge in [0.15, 0.2) is 0 Å². The highest BCUT2D eigenvalue weighted by molar-refractivity contribution is 5.82. The second kappa shape index (κ2) is 6.06. The molecule has 2 aromatic rings. The zero-order valence-electron chi connectivity index (χ0n) is 11.8. The lowest BCUT2D eigenvalue weighted by Gasteiger charge is -2.29. The van der Waals surface area contributed by atoms with Crippen LogP contribution in [0.5, 0.6) is 0 Å². The Bertz CT molecular complexity index is 657. The van der Waals surface area contributed by atoms with Gasteiger partial charge in [-0.15, -0.1) is 0 Å². The van der Waals surface area contributed by atoms with Crippen molar-refractivity contribution < 1.29 is 14.3 Å². The van der Waals surface area contributed by atoms with Crippen LogP contribution in [0.15, 0.2) is 48.5 Å². The van der Waals surface area contributed by atoms with Crippen molar-refractivity contribution >= 4 is 5.97 Å². The zero-order valence-corrected chi connectivity index (χ0v) is 11.8. The number of benzene rings is 2. The van der Waals surface area contributed by atoms with E-state index in [4.69, 9.17) is 5.73 Å². The molecule has 0 bridgehead atoms. The van der Waals surface area contributed by atoms with Crippen molar-refractivity contribution in [2.75, 3.05) is 6.54 Å². The number of aryl methyl sites for hydroxylation is 1. The molecule has 2 aromatic carbocycles. The Morgan fingerprint density at radius 1 is 1.19 bits per heavy atom. The monoisotopic (exact) mass is 287 g/mol. The molecular formula is C17H18FNO2. The van der Waals surface area contributed by atoms with Gasteiger partial charge in [0.05, 0.1) is 0 Å². The van der Waals surface area contributed by atoms with Crippen molar-refractivity contribution in [3.63, 3.8) is 0 Å². The summed E-state index contributed by atoms with van der Waals surface area (Å²) in [4.78, 5) is 11.9. The van der Waals surface area contributed by atoms with Crippen LogP contribution in [0.1, 0.15) is 16.7 Å². The van der Waals surface area contributed by atoms with Crippen LogP contribution in [-0.2, 0) is 16.6 Å². The fourth-order valence-electron chi connectivity index (χ4n) is 2.54. The number of aliphatic carboxylic acids is 1. The molecule has 0 saturated heterocycles. The van der Waals surface area contributed by atoms with Crippen LogP contribution in [-0.4, -0.2) is 17.6 Å². The highest BCUT2D eigenvalue weighted by Crippen LogP contribution is 2.31. The maximum atomic E-state index is 14.1. The first-order chi connectivity index (χ1) is 10.0. The first-order valence-electron chi connectivity index (χ1n) is 6.74. The molecule has 0 aromatic heterocycles. The summed E-state index contributed by atoms with van der Waals surface area (Å²) in [5.41, 5.74) is 6.25. The molecule has 0 aliphatic carbocycles. The molecule has 2 rings (SSSR count). The Hall–Kier alpha value is -2.20. The lowest BCUT2D eigenvalue weighted by atomic mass is 9.74. The third-order valence-electron chi connectivity index (χ3n) is 3.90. The van der Waals surface area contributed by atoms with E-state index in [1.54, 1.807) is 6.07 Å². The van der Waals surface area contributed by atoms with E-state index in [1.807, 2.05) is 31.2 Å². The molecule has 0 aliphatic rings. The predicted molar refractivity (Wildman–Crippen MR) is 79.7 cm³/mol. The standard InChI is InChI=1S/C17H18FNO2/c1-12-6-2-3-7-13(12)10-17(11-19,16(20)21)14-8-4-5-9-15(14)18/h2-9H,10-11,19H2,1H3,(H,20,21). The van der Waals surface area contributed by atoms with Crippen molar-refractivity contribution in [3.05, 3.63) is 71.0 Å². The molecular weight excluding hydrogens is 269 g/mol. The third kappa shape index (κ3) is 2.81. The average molecular weight is 287 g/mol. The van der Waals surface area contributed by atoms with E-state index in [0.717, 1.165) is 11.1 Å². The first kappa shape index (κ1) is 15.2. The first-order valence-corrected chi connectivity index (χ1v) is 6.74. The van der Waals surface area contributed by atoms with Crippen molar-refractivity contribution in [2.24, 2.45) is 5.73 Å². The molecule has 1 unspecified atom stereocenters. The average Bonchev–Trinajstić information content (AvgIpc) is 2.47. The van der Waals surface area contributed by atoms with Crippen LogP contribution < -0.4 is 5.73 Å². The fraction of sp³-hybridized carbons (Fsp3) is 0.235. The van der Waals surface area contributed by atoms with Gasteiger partial charge in [-0.3, -0.25) is 4.79 Å². The van der Waals surface area contributed by atoms with Gasteiger partial charge < -0.3 is 10.8 Å². The van der Waals surface area contributed by atoms with Gasteiger partial charge in [0, 0.05) is 12.1 Å². The van der Waals surface area contributed by atoms with E-state index in [-0.39, 0.29) is 18.5 Å². The summed E-state index contributed by atoms with van der Waals surface area (Å²) in [5.74, 6) is -1.66. The van der Waals surface area contributed by atoms with Gasteiger partial charge >= 0.3 is 5.97 Å². The SMILES string of the molecule is Cc1ccccc1CC(CN)(C(=O)O)c1ccccc1F. The lowest BCUT2D eigenvalue weighted by molar-refractivity contribution is -0.143. The molecule has 0 saturated carbocycles. The highest BCUT2D eigenvalue weighted by Gasteiger charge is 2.41. The number of hydrogen-bond donors (Lipinski definition) is 2. The molecule has 0 aliphatic heterocycles. The van der Waals surface area contributed by atoms with Crippen molar-refractivity contribution in [1.29, 1.82) is 0 Å². The molecule has 21 heavy (non-hydrogen) atoms. The van der Waals surface area contributed by atoms with Crippen molar-refractivity contribution in [1.82, 2.24) is 0 Å². The van der Waals surface area contributed by atoms with Crippen LogP contribution in [0.2, 0.25) is 0 Å². The van der Waals surface area contributed by atoms with E-state index in [0.29, 0.717) is 0 Å². The van der Waals surface area contributed by atoms with E-state index >= 15 is 0 Å². The lowest BCUT2D eigenvalue weighted by Crippen LogP contribution is -2.45. The number of rotatable bonds is 5. The fourth-order valence-corrected chi connectivity index (χ4v) is 2.54. The quantitative estimate of drug-likeness (QED) is 0.888. The van der Waals surface area contributed by atoms with Crippen molar-refractivity contribution in [2.45, 2.75) is 18.8 Å². The summed E-state index contributed by atoms with van der Waals surface area (Å²) in [7, 11) is 0. The summed E-state index contributed by atoms with van der Waals surface area (Å²) in [6.07, 6.45) is 0.159. The Labute approximate surface area is 123 Å². The minimum atomic E-state index is -1.46. The minimum Gasteiger partial charge on any atom is -0.481 e. The summed E-state index contributed by atoms with van der Waals surface area (Å²) in [6.45, 7) is 1.73. The molecule has 0 spiro atoms. The maximum absolute atomic E-state index is 14.1. The predicted octanol–water partition coefficient (Wildman–Crippen LogP) is 2.66. The molecule has 4 heteroatoms. The third-order valence-corrected chi connectivity index (χ3v) is 3.90. The van der Waals surface area contributed by atoms with E-state index < -0.39 is 17.2 Å². The van der Waals surface area contributed by atoms with Crippen LogP contribution >= 0.6 is 0 Å². The Balaban J connectivity index is 2.56. The summed E-state index contributed by atoms with van der Waals surface area (Å²) < 4.78 is 14.1. The van der Waals surface area contributed by atoms with Crippen LogP contribution in [0.25, 0.3) is 0 Å². The second-order valence-corrected chi connectivity index (χ2v) is 5.17. The van der Waals surface area contributed by atoms with E-state index in [9.17, 15) is 14.3 Å². The number of carboxylic acid groups (broad SMARTS) is 1. The van der Waals surface area contributed by atoms with Gasteiger partial charge in [-0.1, -0.05) is 42.5 Å². The number of nitrogens with two attached hydrogens (primary N) is 1. The molecule has 1 atom stereocenters. The molecule has 0 heterocycles. The van der Waals surface area contributed by atoms with Gasteiger partial charge in [-0.05, 0) is 30.5 Å². The minimum absolute atomic E-state index is 0.128. The van der Waals surface area contributed by atoms with Gasteiger partial charge in [0.25, 0.3) is 0 Å². The Kier molecular flexibility index (Phi) is 4.38. The summed E-state index contributed by atoms with van der Waals surface area (Å²) >= 11 is 0.